The van der Waals surface area contributed by atoms with Crippen LogP contribution in [0.25, 0.3) is 0 Å². The summed E-state index contributed by atoms with van der Waals surface area (Å²) < 4.78 is 6.10. The lowest BCUT2D eigenvalue weighted by Gasteiger charge is -2.10. The van der Waals surface area contributed by atoms with Crippen molar-refractivity contribution in [2.75, 3.05) is 25.0 Å². The van der Waals surface area contributed by atoms with Crippen LogP contribution in [-0.2, 0) is 0 Å². The summed E-state index contributed by atoms with van der Waals surface area (Å²) in [5, 5.41) is 17.0. The number of nitro benzene ring substituents is 1. The van der Waals surface area contributed by atoms with E-state index >= 15 is 0 Å². The molecule has 7 nitrogen and oxygen atoms in total. The zero-order valence-electron chi connectivity index (χ0n) is 13.9. The van der Waals surface area contributed by atoms with Gasteiger partial charge in [-0.1, -0.05) is 11.6 Å². The summed E-state index contributed by atoms with van der Waals surface area (Å²) in [4.78, 5) is 22.7. The Morgan fingerprint density at radius 2 is 2.04 bits per heavy atom. The molecule has 2 rings (SSSR count). The minimum atomic E-state index is -0.510. The summed E-state index contributed by atoms with van der Waals surface area (Å²) in [7, 11) is 0. The van der Waals surface area contributed by atoms with Crippen molar-refractivity contribution in [1.29, 1.82) is 0 Å². The van der Waals surface area contributed by atoms with E-state index in [4.69, 9.17) is 16.3 Å². The quantitative estimate of drug-likeness (QED) is 0.362. The predicted molar refractivity (Wildman–Crippen MR) is 104 cm³/mol. The second-order valence-electron chi connectivity index (χ2n) is 5.18. The Morgan fingerprint density at radius 3 is 2.69 bits per heavy atom. The molecule has 0 heterocycles. The maximum absolute atomic E-state index is 12.2. The first-order chi connectivity index (χ1) is 12.4. The van der Waals surface area contributed by atoms with Crippen LogP contribution in [-0.4, -0.2) is 30.5 Å². The standard InChI is InChI=1S/C17H17BrClN3O4/c1-2-26-16-6-3-11(9-13(16)18)17(23)21-8-7-20-14-5-4-12(19)10-15(14)22(24)25/h3-6,9-10,20H,2,7-8H2,1H3,(H,21,23). The van der Waals surface area contributed by atoms with Crippen molar-refractivity contribution in [2.45, 2.75) is 6.92 Å². The maximum Gasteiger partial charge on any atom is 0.293 e. The molecule has 0 aliphatic rings. The normalized spacial score (nSPS) is 10.3. The lowest BCUT2D eigenvalue weighted by Crippen LogP contribution is -2.28. The molecular weight excluding hydrogens is 426 g/mol. The van der Waals surface area contributed by atoms with Crippen molar-refractivity contribution < 1.29 is 14.5 Å². The van der Waals surface area contributed by atoms with Gasteiger partial charge in [-0.15, -0.1) is 0 Å². The summed E-state index contributed by atoms with van der Waals surface area (Å²) in [5.41, 5.74) is 0.717. The van der Waals surface area contributed by atoms with E-state index in [1.807, 2.05) is 6.92 Å². The number of nitrogens with one attached hydrogen (secondary N) is 2. The Morgan fingerprint density at radius 1 is 1.27 bits per heavy atom. The average molecular weight is 443 g/mol. The number of carbonyl (C=O) groups is 1. The lowest BCUT2D eigenvalue weighted by molar-refractivity contribution is -0.383. The second kappa shape index (κ2) is 9.40. The third-order valence-electron chi connectivity index (χ3n) is 3.38. The van der Waals surface area contributed by atoms with Crippen LogP contribution in [0, 0.1) is 10.1 Å². The molecule has 2 aromatic carbocycles. The van der Waals surface area contributed by atoms with Gasteiger partial charge in [-0.3, -0.25) is 14.9 Å². The molecule has 138 valence electrons. The van der Waals surface area contributed by atoms with E-state index in [0.717, 1.165) is 0 Å². The summed E-state index contributed by atoms with van der Waals surface area (Å²) in [6, 6.07) is 9.44. The molecule has 2 aromatic rings. The second-order valence-corrected chi connectivity index (χ2v) is 6.47. The highest BCUT2D eigenvalue weighted by molar-refractivity contribution is 9.10. The van der Waals surface area contributed by atoms with Gasteiger partial charge in [-0.25, -0.2) is 0 Å². The minimum Gasteiger partial charge on any atom is -0.493 e. The van der Waals surface area contributed by atoms with Gasteiger partial charge in [0.25, 0.3) is 11.6 Å². The number of hydrogen-bond donors (Lipinski definition) is 2. The van der Waals surface area contributed by atoms with Crippen molar-refractivity contribution in [3.63, 3.8) is 0 Å². The highest BCUT2D eigenvalue weighted by Crippen LogP contribution is 2.27. The van der Waals surface area contributed by atoms with Gasteiger partial charge in [-0.2, -0.15) is 0 Å². The van der Waals surface area contributed by atoms with Crippen LogP contribution < -0.4 is 15.4 Å². The third-order valence-corrected chi connectivity index (χ3v) is 4.23. The van der Waals surface area contributed by atoms with Gasteiger partial charge in [0.05, 0.1) is 16.0 Å². The fraction of sp³-hybridized carbons (Fsp3) is 0.235. The molecule has 0 spiro atoms. The molecule has 0 radical (unpaired) electrons. The molecule has 0 atom stereocenters. The number of carbonyl (C=O) groups excluding carboxylic acids is 1. The Hall–Kier alpha value is -2.32. The number of halogens is 2. The van der Waals surface area contributed by atoms with Crippen LogP contribution in [0.15, 0.2) is 40.9 Å². The SMILES string of the molecule is CCOc1ccc(C(=O)NCCNc2ccc(Cl)cc2[N+](=O)[O-])cc1Br. The number of ether oxygens (including phenoxy) is 1. The highest BCUT2D eigenvalue weighted by Gasteiger charge is 2.14. The molecule has 2 N–H and O–H groups in total. The smallest absolute Gasteiger partial charge is 0.293 e. The van der Waals surface area contributed by atoms with Crippen LogP contribution in [0.4, 0.5) is 11.4 Å². The summed E-state index contributed by atoms with van der Waals surface area (Å²) in [6.45, 7) is 3.04. The lowest BCUT2D eigenvalue weighted by atomic mass is 10.2. The third kappa shape index (κ3) is 5.34. The monoisotopic (exact) mass is 441 g/mol. The van der Waals surface area contributed by atoms with Gasteiger partial charge in [-0.05, 0) is 53.2 Å². The summed E-state index contributed by atoms with van der Waals surface area (Å²) in [5.74, 6) is 0.418. The average Bonchev–Trinajstić information content (AvgIpc) is 2.61. The van der Waals surface area contributed by atoms with E-state index in [0.29, 0.717) is 41.2 Å². The van der Waals surface area contributed by atoms with Gasteiger partial charge in [0, 0.05) is 29.7 Å². The first-order valence-electron chi connectivity index (χ1n) is 7.80. The molecule has 0 saturated heterocycles. The van der Waals surface area contributed by atoms with E-state index in [-0.39, 0.29) is 16.6 Å². The van der Waals surface area contributed by atoms with E-state index in [1.54, 1.807) is 24.3 Å². The van der Waals surface area contributed by atoms with Crippen LogP contribution in [0.3, 0.4) is 0 Å². The molecule has 0 aliphatic carbocycles. The molecule has 0 saturated carbocycles. The van der Waals surface area contributed by atoms with Gasteiger partial charge in [0.15, 0.2) is 0 Å². The first kappa shape index (κ1) is 20.0. The number of anilines is 1. The number of hydrogen-bond acceptors (Lipinski definition) is 5. The van der Waals surface area contributed by atoms with Crippen LogP contribution in [0.2, 0.25) is 5.02 Å². The van der Waals surface area contributed by atoms with E-state index in [9.17, 15) is 14.9 Å². The van der Waals surface area contributed by atoms with Crippen molar-refractivity contribution >= 4 is 44.8 Å². The van der Waals surface area contributed by atoms with Gasteiger partial charge >= 0.3 is 0 Å². The summed E-state index contributed by atoms with van der Waals surface area (Å²) >= 11 is 9.14. The number of amides is 1. The molecule has 0 bridgehead atoms. The van der Waals surface area contributed by atoms with Crippen molar-refractivity contribution in [1.82, 2.24) is 5.32 Å². The zero-order chi connectivity index (χ0) is 19.1. The fourth-order valence-electron chi connectivity index (χ4n) is 2.20. The predicted octanol–water partition coefficient (Wildman–Crippen LogP) is 4.25. The molecular formula is C17H17BrClN3O4. The highest BCUT2D eigenvalue weighted by atomic mass is 79.9. The van der Waals surface area contributed by atoms with Crippen molar-refractivity contribution in [3.05, 3.63) is 61.6 Å². The molecule has 0 aliphatic heterocycles. The van der Waals surface area contributed by atoms with Gasteiger partial charge < -0.3 is 15.4 Å². The number of nitrogens with zero attached hydrogens (tertiary/aromatic N) is 1. The molecule has 1 amide bonds. The zero-order valence-corrected chi connectivity index (χ0v) is 16.3. The molecule has 0 unspecified atom stereocenters. The Balaban J connectivity index is 1.89. The maximum atomic E-state index is 12.2. The van der Waals surface area contributed by atoms with E-state index in [1.165, 1.54) is 12.1 Å². The van der Waals surface area contributed by atoms with Crippen molar-refractivity contribution in [3.8, 4) is 5.75 Å². The molecule has 26 heavy (non-hydrogen) atoms. The van der Waals surface area contributed by atoms with Gasteiger partial charge in [0.1, 0.15) is 11.4 Å². The molecule has 9 heteroatoms. The fourth-order valence-corrected chi connectivity index (χ4v) is 2.85. The first-order valence-corrected chi connectivity index (χ1v) is 8.97. The number of rotatable bonds is 8. The Bertz CT molecular complexity index is 817. The van der Waals surface area contributed by atoms with Crippen LogP contribution >= 0.6 is 27.5 Å². The van der Waals surface area contributed by atoms with Crippen LogP contribution in [0.5, 0.6) is 5.75 Å². The summed E-state index contributed by atoms with van der Waals surface area (Å²) in [6.07, 6.45) is 0. The van der Waals surface area contributed by atoms with Crippen molar-refractivity contribution in [2.24, 2.45) is 0 Å². The largest absolute Gasteiger partial charge is 0.493 e. The molecule has 0 fully saturated rings. The van der Waals surface area contributed by atoms with Crippen LogP contribution in [0.1, 0.15) is 17.3 Å². The van der Waals surface area contributed by atoms with E-state index < -0.39 is 4.92 Å². The Kier molecular flexibility index (Phi) is 7.23. The topological polar surface area (TPSA) is 93.5 Å². The number of benzene rings is 2. The van der Waals surface area contributed by atoms with E-state index in [2.05, 4.69) is 26.6 Å². The molecule has 0 aromatic heterocycles. The van der Waals surface area contributed by atoms with Gasteiger partial charge in [0.2, 0.25) is 0 Å². The number of nitro groups is 1. The minimum absolute atomic E-state index is 0.112. The Labute approximate surface area is 164 Å².